The molecule has 3 aliphatic heterocycles. The van der Waals surface area contributed by atoms with Crippen LogP contribution in [0.4, 0.5) is 10.1 Å². The number of β-lactam (4-membered cyclic amide) rings is 1. The lowest BCUT2D eigenvalue weighted by atomic mass is 10.0. The number of aliphatic carboxylic acids is 1. The van der Waals surface area contributed by atoms with Gasteiger partial charge in [0.1, 0.15) is 27.8 Å². The van der Waals surface area contributed by atoms with E-state index in [9.17, 15) is 34.3 Å². The molecule has 0 spiro atoms. The Morgan fingerprint density at radius 2 is 2.03 bits per heavy atom. The number of amides is 4. The molecule has 0 aliphatic carbocycles. The van der Waals surface area contributed by atoms with Gasteiger partial charge in [-0.3, -0.25) is 29.0 Å². The second-order valence-electron chi connectivity index (χ2n) is 8.44. The maximum Gasteiger partial charge on any atom is 0.352 e. The first-order valence-corrected chi connectivity index (χ1v) is 14.0. The van der Waals surface area contributed by atoms with Crippen LogP contribution in [-0.4, -0.2) is 79.2 Å². The van der Waals surface area contributed by atoms with Gasteiger partial charge >= 0.3 is 5.97 Å². The summed E-state index contributed by atoms with van der Waals surface area (Å²) in [5.41, 5.74) is 11.1. The van der Waals surface area contributed by atoms with E-state index in [0.717, 1.165) is 16.2 Å². The van der Waals surface area contributed by atoms with Gasteiger partial charge in [-0.2, -0.15) is 0 Å². The summed E-state index contributed by atoms with van der Waals surface area (Å²) >= 11 is 3.44. The number of hydrogen-bond donors (Lipinski definition) is 5. The van der Waals surface area contributed by atoms with Gasteiger partial charge in [0.25, 0.3) is 23.6 Å². The fraction of sp³-hybridized carbons (Fsp3) is 0.227. The molecule has 39 heavy (non-hydrogen) atoms. The number of carbonyl (C=O) groups is 5. The molecule has 3 aliphatic rings. The third kappa shape index (κ3) is 4.53. The summed E-state index contributed by atoms with van der Waals surface area (Å²) in [6.07, 6.45) is 1.77. The van der Waals surface area contributed by atoms with Crippen molar-refractivity contribution < 1.29 is 34.3 Å². The quantitative estimate of drug-likeness (QED) is 0.0968. The summed E-state index contributed by atoms with van der Waals surface area (Å²) in [5, 5.41) is 27.6. The summed E-state index contributed by atoms with van der Waals surface area (Å²) in [7, 11) is 0. The standard InChI is InChI=1S/C22H19N7O7S3/c23-15(30)10-2-4-37-19(10)28-3-1-8(17(28)32)5-9-6-38-20-13(18(33)29(20)14(9)21(34)35)26-16(31)12(27-36)11-7-39-22(24)25-11/h2,4-5,7,13,20,36H,1,3,6H2,(H2,23,30)(H2,24,25)(H,26,31)(H,34,35)/b8-5+,27-12-/t13-,20-/m1/s1. The van der Waals surface area contributed by atoms with Crippen molar-refractivity contribution in [2.24, 2.45) is 10.9 Å². The van der Waals surface area contributed by atoms with Gasteiger partial charge < -0.3 is 27.1 Å². The molecule has 2 aromatic rings. The first-order chi connectivity index (χ1) is 18.6. The Labute approximate surface area is 231 Å². The van der Waals surface area contributed by atoms with Crippen molar-refractivity contribution in [1.82, 2.24) is 15.2 Å². The third-order valence-electron chi connectivity index (χ3n) is 6.20. The number of thiophene rings is 1. The number of aromatic nitrogens is 1. The number of allylic oxidation sites excluding steroid dienone is 1. The fourth-order valence-corrected chi connectivity index (χ4v) is 7.21. The van der Waals surface area contributed by atoms with Gasteiger partial charge in [0, 0.05) is 23.3 Å². The van der Waals surface area contributed by atoms with Crippen LogP contribution in [0.3, 0.4) is 0 Å². The zero-order valence-electron chi connectivity index (χ0n) is 19.7. The van der Waals surface area contributed by atoms with Gasteiger partial charge in [-0.25, -0.2) is 9.78 Å². The van der Waals surface area contributed by atoms with Crippen molar-refractivity contribution in [1.29, 1.82) is 0 Å². The molecular formula is C22H19N7O7S3. The SMILES string of the molecule is NC(=O)c1ccsc1N1CC/C(=C\C2=C(C(=O)O)N3C(=O)[C@@H](NC(=O)/C(=N\O)c4csc(N)n4)[C@H]3SC2)C1=O. The number of carbonyl (C=O) groups excluding carboxylic acids is 4. The highest BCUT2D eigenvalue weighted by Crippen LogP contribution is 2.42. The number of nitrogen functional groups attached to an aromatic ring is 1. The monoisotopic (exact) mass is 589 g/mol. The summed E-state index contributed by atoms with van der Waals surface area (Å²) in [4.78, 5) is 69.0. The van der Waals surface area contributed by atoms with Crippen molar-refractivity contribution in [3.05, 3.63) is 51.0 Å². The van der Waals surface area contributed by atoms with Crippen molar-refractivity contribution in [2.75, 3.05) is 22.9 Å². The maximum absolute atomic E-state index is 13.1. The Morgan fingerprint density at radius 3 is 2.67 bits per heavy atom. The molecule has 5 heterocycles. The molecule has 2 aromatic heterocycles. The number of rotatable bonds is 7. The van der Waals surface area contributed by atoms with Gasteiger partial charge in [0.2, 0.25) is 0 Å². The minimum absolute atomic E-state index is 0.0261. The molecule has 4 amide bonds. The minimum Gasteiger partial charge on any atom is -0.477 e. The molecule has 17 heteroatoms. The zero-order chi connectivity index (χ0) is 28.0. The highest BCUT2D eigenvalue weighted by molar-refractivity contribution is 8.00. The number of nitrogens with one attached hydrogen (secondary N) is 1. The van der Waals surface area contributed by atoms with Gasteiger partial charge in [-0.05, 0) is 29.5 Å². The first-order valence-electron chi connectivity index (χ1n) is 11.2. The van der Waals surface area contributed by atoms with Gasteiger partial charge in [0.05, 0.1) is 5.56 Å². The minimum atomic E-state index is -1.36. The van der Waals surface area contributed by atoms with E-state index in [1.165, 1.54) is 45.5 Å². The van der Waals surface area contributed by atoms with Crippen molar-refractivity contribution >= 4 is 79.9 Å². The van der Waals surface area contributed by atoms with E-state index in [4.69, 9.17) is 11.5 Å². The summed E-state index contributed by atoms with van der Waals surface area (Å²) in [6, 6.07) is 0.459. The molecule has 0 unspecified atom stereocenters. The van der Waals surface area contributed by atoms with Gasteiger partial charge in [-0.1, -0.05) is 5.16 Å². The average Bonchev–Trinajstić information content (AvgIpc) is 3.63. The van der Waals surface area contributed by atoms with E-state index in [-0.39, 0.29) is 45.9 Å². The lowest BCUT2D eigenvalue weighted by Gasteiger charge is -2.49. The molecule has 0 saturated carbocycles. The van der Waals surface area contributed by atoms with E-state index in [1.54, 1.807) is 5.38 Å². The molecule has 202 valence electrons. The molecule has 2 saturated heterocycles. The lowest BCUT2D eigenvalue weighted by Crippen LogP contribution is -2.71. The number of oxime groups is 1. The fourth-order valence-electron chi connectivity index (χ4n) is 4.42. The third-order valence-corrected chi connectivity index (χ3v) is 9.11. The smallest absolute Gasteiger partial charge is 0.352 e. The Balaban J connectivity index is 1.36. The number of primary amides is 1. The van der Waals surface area contributed by atoms with Crippen LogP contribution in [-0.2, 0) is 19.2 Å². The first kappa shape index (κ1) is 26.4. The Morgan fingerprint density at radius 1 is 1.26 bits per heavy atom. The molecule has 0 radical (unpaired) electrons. The van der Waals surface area contributed by atoms with E-state index >= 15 is 0 Å². The van der Waals surface area contributed by atoms with Crippen LogP contribution in [0.15, 0.2) is 44.9 Å². The Bertz CT molecular complexity index is 1520. The summed E-state index contributed by atoms with van der Waals surface area (Å²) in [5.74, 6) is -3.81. The molecular weight excluding hydrogens is 570 g/mol. The highest BCUT2D eigenvalue weighted by atomic mass is 32.2. The van der Waals surface area contributed by atoms with Crippen LogP contribution in [0.5, 0.6) is 0 Å². The van der Waals surface area contributed by atoms with Crippen LogP contribution >= 0.6 is 34.4 Å². The Kier molecular flexibility index (Phi) is 6.87. The van der Waals surface area contributed by atoms with Crippen molar-refractivity contribution in [3.8, 4) is 0 Å². The van der Waals surface area contributed by atoms with Crippen LogP contribution in [0.25, 0.3) is 0 Å². The predicted molar refractivity (Wildman–Crippen MR) is 142 cm³/mol. The molecule has 2 fully saturated rings. The zero-order valence-corrected chi connectivity index (χ0v) is 22.1. The van der Waals surface area contributed by atoms with Crippen LogP contribution < -0.4 is 21.7 Å². The maximum atomic E-state index is 13.1. The number of hydrogen-bond acceptors (Lipinski definition) is 12. The average molecular weight is 590 g/mol. The van der Waals surface area contributed by atoms with Crippen LogP contribution in [0.2, 0.25) is 0 Å². The van der Waals surface area contributed by atoms with E-state index < -0.39 is 40.8 Å². The van der Waals surface area contributed by atoms with E-state index in [2.05, 4.69) is 15.5 Å². The van der Waals surface area contributed by atoms with Crippen LogP contribution in [0.1, 0.15) is 22.5 Å². The number of nitrogens with zero attached hydrogens (tertiary/aromatic N) is 4. The molecule has 14 nitrogen and oxygen atoms in total. The summed E-state index contributed by atoms with van der Waals surface area (Å²) in [6.45, 7) is 0.285. The molecule has 2 atom stereocenters. The van der Waals surface area contributed by atoms with Gasteiger partial charge in [-0.15, -0.1) is 34.4 Å². The number of fused-ring (bicyclic) bond motifs is 1. The summed E-state index contributed by atoms with van der Waals surface area (Å²) < 4.78 is 0. The number of thiazole rings is 1. The topological polar surface area (TPSA) is 222 Å². The van der Waals surface area contributed by atoms with E-state index in [1.807, 2.05) is 0 Å². The van der Waals surface area contributed by atoms with Gasteiger partial charge in [0.15, 0.2) is 10.8 Å². The second kappa shape index (κ2) is 10.2. The Hall–Kier alpha value is -4.22. The molecule has 7 N–H and O–H groups in total. The number of thioether (sulfide) groups is 1. The normalized spacial score (nSPS) is 22.3. The number of carboxylic acid groups (broad SMARTS) is 1. The molecule has 5 rings (SSSR count). The number of carboxylic acids is 1. The number of nitrogens with two attached hydrogens (primary N) is 2. The van der Waals surface area contributed by atoms with Crippen molar-refractivity contribution in [2.45, 2.75) is 17.8 Å². The molecule has 0 bridgehead atoms. The predicted octanol–water partition coefficient (Wildman–Crippen LogP) is 0.166. The highest BCUT2D eigenvalue weighted by Gasteiger charge is 2.54. The lowest BCUT2D eigenvalue weighted by molar-refractivity contribution is -0.150. The second-order valence-corrected chi connectivity index (χ2v) is 11.3. The molecule has 0 aromatic carbocycles. The number of anilines is 2. The van der Waals surface area contributed by atoms with E-state index in [0.29, 0.717) is 17.0 Å². The van der Waals surface area contributed by atoms with Crippen molar-refractivity contribution in [3.63, 3.8) is 0 Å². The van der Waals surface area contributed by atoms with Crippen LogP contribution in [0, 0.1) is 0 Å². The largest absolute Gasteiger partial charge is 0.477 e.